The van der Waals surface area contributed by atoms with Gasteiger partial charge < -0.3 is 15.6 Å². The molecule has 1 aromatic rings. The molecular weight excluding hydrogens is 280 g/mol. The van der Waals surface area contributed by atoms with Crippen LogP contribution in [0.1, 0.15) is 13.3 Å². The first-order chi connectivity index (χ1) is 9.60. The van der Waals surface area contributed by atoms with Gasteiger partial charge in [-0.05, 0) is 18.6 Å². The van der Waals surface area contributed by atoms with Crippen molar-refractivity contribution in [1.29, 1.82) is 0 Å². The van der Waals surface area contributed by atoms with Crippen LogP contribution in [0.3, 0.4) is 0 Å². The molecule has 110 valence electrons. The molecule has 0 aromatic carbocycles. The third kappa shape index (κ3) is 2.87. The van der Waals surface area contributed by atoms with Crippen LogP contribution in [0.15, 0.2) is 11.1 Å². The molecule has 3 N–H and O–H groups in total. The highest BCUT2D eigenvalue weighted by Gasteiger charge is 2.36. The fourth-order valence-corrected chi connectivity index (χ4v) is 2.71. The zero-order chi connectivity index (χ0) is 14.7. The van der Waals surface area contributed by atoms with Crippen molar-refractivity contribution < 1.29 is 14.6 Å². The molecule has 1 aliphatic heterocycles. The van der Waals surface area contributed by atoms with Crippen molar-refractivity contribution in [3.05, 3.63) is 6.20 Å². The number of hydrogen-bond donors (Lipinski definition) is 2. The standard InChI is InChI=1S/C12H18N4O3S/c1-7-3-10(19-8(7)5-17)16(6-18)11-9(20-2)4-14-12(13)15-11/h4,6-8,10,17H,3,5H2,1-2H3,(H2,13,14,15). The number of amides is 1. The fraction of sp³-hybridized carbons (Fsp3) is 0.583. The summed E-state index contributed by atoms with van der Waals surface area (Å²) >= 11 is 1.43. The van der Waals surface area contributed by atoms with E-state index < -0.39 is 6.23 Å². The SMILES string of the molecule is CSc1cnc(N)nc1N(C=O)C1CC(C)C(CO)O1. The summed E-state index contributed by atoms with van der Waals surface area (Å²) in [7, 11) is 0. The molecular formula is C12H18N4O3S. The molecule has 1 aromatic heterocycles. The molecule has 8 heteroatoms. The Morgan fingerprint density at radius 2 is 2.45 bits per heavy atom. The molecule has 3 atom stereocenters. The van der Waals surface area contributed by atoms with Gasteiger partial charge in [0.2, 0.25) is 12.4 Å². The number of thioether (sulfide) groups is 1. The van der Waals surface area contributed by atoms with E-state index in [1.54, 1.807) is 6.20 Å². The average Bonchev–Trinajstić information content (AvgIpc) is 2.81. The molecule has 2 heterocycles. The summed E-state index contributed by atoms with van der Waals surface area (Å²) in [4.78, 5) is 21.7. The number of nitrogen functional groups attached to an aromatic ring is 1. The third-order valence-corrected chi connectivity index (χ3v) is 4.09. The Bertz CT molecular complexity index is 488. The number of hydrogen-bond acceptors (Lipinski definition) is 7. The number of aliphatic hydroxyl groups is 1. The highest BCUT2D eigenvalue weighted by molar-refractivity contribution is 7.98. The van der Waals surface area contributed by atoms with Gasteiger partial charge in [-0.1, -0.05) is 6.92 Å². The smallest absolute Gasteiger partial charge is 0.222 e. The maximum Gasteiger partial charge on any atom is 0.222 e. The van der Waals surface area contributed by atoms with Crippen LogP contribution in [0.2, 0.25) is 0 Å². The number of aliphatic hydroxyl groups excluding tert-OH is 1. The Kier molecular flexibility index (Phi) is 4.79. The van der Waals surface area contributed by atoms with E-state index in [0.717, 1.165) is 4.90 Å². The molecule has 1 saturated heterocycles. The minimum atomic E-state index is -0.445. The van der Waals surface area contributed by atoms with Gasteiger partial charge >= 0.3 is 0 Å². The van der Waals surface area contributed by atoms with Gasteiger partial charge in [-0.3, -0.25) is 9.69 Å². The number of aromatic nitrogens is 2. The molecule has 0 bridgehead atoms. The molecule has 0 aliphatic carbocycles. The van der Waals surface area contributed by atoms with Crippen molar-refractivity contribution in [3.8, 4) is 0 Å². The number of carbonyl (C=O) groups excluding carboxylic acids is 1. The summed E-state index contributed by atoms with van der Waals surface area (Å²) in [5.74, 6) is 0.717. The molecule has 1 fully saturated rings. The Morgan fingerprint density at radius 3 is 3.00 bits per heavy atom. The number of carbonyl (C=O) groups is 1. The second-order valence-electron chi connectivity index (χ2n) is 4.66. The van der Waals surface area contributed by atoms with Crippen molar-refractivity contribution in [3.63, 3.8) is 0 Å². The Morgan fingerprint density at radius 1 is 1.70 bits per heavy atom. The largest absolute Gasteiger partial charge is 0.394 e. The number of rotatable bonds is 5. The maximum atomic E-state index is 11.4. The summed E-state index contributed by atoms with van der Waals surface area (Å²) in [6.45, 7) is 1.92. The van der Waals surface area contributed by atoms with Gasteiger partial charge in [0.1, 0.15) is 6.23 Å². The highest BCUT2D eigenvalue weighted by atomic mass is 32.2. The first-order valence-corrected chi connectivity index (χ1v) is 7.49. The predicted octanol–water partition coefficient (Wildman–Crippen LogP) is 0.487. The van der Waals surface area contributed by atoms with E-state index >= 15 is 0 Å². The molecule has 7 nitrogen and oxygen atoms in total. The van der Waals surface area contributed by atoms with Crippen molar-refractivity contribution in [2.75, 3.05) is 23.5 Å². The fourth-order valence-electron chi connectivity index (χ4n) is 2.22. The molecule has 1 amide bonds. The normalized spacial score (nSPS) is 25.6. The van der Waals surface area contributed by atoms with Gasteiger partial charge in [0, 0.05) is 6.20 Å². The first kappa shape index (κ1) is 15.0. The van der Waals surface area contributed by atoms with Gasteiger partial charge in [0.05, 0.1) is 17.6 Å². The van der Waals surface area contributed by atoms with Crippen LogP contribution in [0.5, 0.6) is 0 Å². The first-order valence-electron chi connectivity index (χ1n) is 6.27. The molecule has 1 aliphatic rings. The number of ether oxygens (including phenoxy) is 1. The number of anilines is 2. The van der Waals surface area contributed by atoms with Gasteiger partial charge in [0.25, 0.3) is 0 Å². The predicted molar refractivity (Wildman–Crippen MR) is 76.3 cm³/mol. The molecule has 0 spiro atoms. The van der Waals surface area contributed by atoms with E-state index in [-0.39, 0.29) is 24.6 Å². The molecule has 20 heavy (non-hydrogen) atoms. The van der Waals surface area contributed by atoms with E-state index in [1.165, 1.54) is 16.7 Å². The van der Waals surface area contributed by atoms with Gasteiger partial charge in [-0.25, -0.2) is 4.98 Å². The van der Waals surface area contributed by atoms with Crippen LogP contribution >= 0.6 is 11.8 Å². The second kappa shape index (κ2) is 6.38. The number of nitrogens with zero attached hydrogens (tertiary/aromatic N) is 3. The van der Waals surface area contributed by atoms with E-state index in [1.807, 2.05) is 13.2 Å². The Balaban J connectivity index is 2.29. The minimum absolute atomic E-state index is 0.0638. The van der Waals surface area contributed by atoms with E-state index in [4.69, 9.17) is 10.5 Å². The number of nitrogens with two attached hydrogens (primary N) is 1. The molecule has 3 unspecified atom stereocenters. The molecule has 0 saturated carbocycles. The minimum Gasteiger partial charge on any atom is -0.394 e. The lowest BCUT2D eigenvalue weighted by molar-refractivity contribution is -0.110. The zero-order valence-electron chi connectivity index (χ0n) is 11.4. The van der Waals surface area contributed by atoms with E-state index in [9.17, 15) is 9.90 Å². The summed E-state index contributed by atoms with van der Waals surface area (Å²) in [5.41, 5.74) is 5.60. The lowest BCUT2D eigenvalue weighted by Gasteiger charge is -2.25. The van der Waals surface area contributed by atoms with Gasteiger partial charge in [-0.2, -0.15) is 4.98 Å². The molecule has 0 radical (unpaired) electrons. The summed E-state index contributed by atoms with van der Waals surface area (Å²) in [6, 6.07) is 0. The monoisotopic (exact) mass is 298 g/mol. The Hall–Kier alpha value is -1.38. The molecule has 2 rings (SSSR count). The van der Waals surface area contributed by atoms with Crippen molar-refractivity contribution in [2.45, 2.75) is 30.6 Å². The lowest BCUT2D eigenvalue weighted by Crippen LogP contribution is -2.35. The lowest BCUT2D eigenvalue weighted by atomic mass is 10.0. The van der Waals surface area contributed by atoms with Crippen LogP contribution < -0.4 is 10.6 Å². The average molecular weight is 298 g/mol. The topological polar surface area (TPSA) is 102 Å². The van der Waals surface area contributed by atoms with E-state index in [2.05, 4.69) is 9.97 Å². The van der Waals surface area contributed by atoms with Crippen LogP contribution in [0.25, 0.3) is 0 Å². The van der Waals surface area contributed by atoms with Crippen molar-refractivity contribution in [1.82, 2.24) is 9.97 Å². The van der Waals surface area contributed by atoms with Crippen molar-refractivity contribution >= 4 is 29.9 Å². The summed E-state index contributed by atoms with van der Waals surface area (Å²) in [5, 5.41) is 9.24. The maximum absolute atomic E-state index is 11.4. The zero-order valence-corrected chi connectivity index (χ0v) is 12.2. The summed E-state index contributed by atoms with van der Waals surface area (Å²) in [6.07, 6.45) is 4.07. The summed E-state index contributed by atoms with van der Waals surface area (Å²) < 4.78 is 5.70. The highest BCUT2D eigenvalue weighted by Crippen LogP contribution is 2.33. The van der Waals surface area contributed by atoms with Crippen molar-refractivity contribution in [2.24, 2.45) is 5.92 Å². The third-order valence-electron chi connectivity index (χ3n) is 3.36. The van der Waals surface area contributed by atoms with Crippen LogP contribution in [-0.2, 0) is 9.53 Å². The van der Waals surface area contributed by atoms with Crippen LogP contribution in [0.4, 0.5) is 11.8 Å². The quantitative estimate of drug-likeness (QED) is 0.602. The second-order valence-corrected chi connectivity index (χ2v) is 5.51. The van der Waals surface area contributed by atoms with Crippen LogP contribution in [0, 0.1) is 5.92 Å². The van der Waals surface area contributed by atoms with E-state index in [0.29, 0.717) is 18.6 Å². The van der Waals surface area contributed by atoms with Gasteiger partial charge in [-0.15, -0.1) is 11.8 Å². The van der Waals surface area contributed by atoms with Crippen LogP contribution in [-0.4, -0.2) is 46.7 Å². The van der Waals surface area contributed by atoms with Gasteiger partial charge in [0.15, 0.2) is 5.82 Å². The Labute approximate surface area is 121 Å².